The number of hydrogen-bond acceptors (Lipinski definition) is 3. The average Bonchev–Trinajstić information content (AvgIpc) is 2.98. The van der Waals surface area contributed by atoms with Gasteiger partial charge in [-0.2, -0.15) is 0 Å². The summed E-state index contributed by atoms with van der Waals surface area (Å²) in [7, 11) is 2.19. The number of halogens is 1. The van der Waals surface area contributed by atoms with E-state index in [0.717, 1.165) is 27.8 Å². The van der Waals surface area contributed by atoms with E-state index in [0.29, 0.717) is 5.76 Å². The summed E-state index contributed by atoms with van der Waals surface area (Å²) in [5, 5.41) is 0.968. The molecule has 0 spiro atoms. The number of fused-ring (bicyclic) bond motifs is 1. The number of benzene rings is 2. The zero-order valence-corrected chi connectivity index (χ0v) is 15.0. The minimum atomic E-state index is -1.10. The van der Waals surface area contributed by atoms with E-state index in [-0.39, 0.29) is 5.82 Å². The fourth-order valence-electron chi connectivity index (χ4n) is 2.42. The van der Waals surface area contributed by atoms with Crippen LogP contribution in [-0.2, 0) is 11.0 Å². The molecule has 4 nitrogen and oxygen atoms in total. The van der Waals surface area contributed by atoms with Crippen molar-refractivity contribution in [3.63, 3.8) is 0 Å². The van der Waals surface area contributed by atoms with Gasteiger partial charge in [0.1, 0.15) is 28.1 Å². The Morgan fingerprint density at radius 1 is 1.12 bits per heavy atom. The molecule has 1 atom stereocenters. The van der Waals surface area contributed by atoms with E-state index in [4.69, 9.17) is 4.42 Å². The zero-order chi connectivity index (χ0) is 17.9. The predicted molar refractivity (Wildman–Crippen MR) is 98.9 cm³/mol. The Morgan fingerprint density at radius 3 is 2.33 bits per heavy atom. The van der Waals surface area contributed by atoms with Crippen molar-refractivity contribution in [1.29, 1.82) is 0 Å². The van der Waals surface area contributed by atoms with E-state index in [2.05, 4.69) is 5.73 Å². The molecule has 1 aromatic heterocycles. The van der Waals surface area contributed by atoms with Crippen LogP contribution in [0.15, 0.2) is 46.9 Å². The quantitative estimate of drug-likeness (QED) is 0.782. The van der Waals surface area contributed by atoms with E-state index in [1.807, 2.05) is 25.1 Å². The van der Waals surface area contributed by atoms with Crippen LogP contribution >= 0.6 is 0 Å². The van der Waals surface area contributed by atoms with Crippen molar-refractivity contribution >= 4 is 27.6 Å². The van der Waals surface area contributed by atoms with Crippen molar-refractivity contribution in [2.24, 2.45) is 5.73 Å². The number of hydrogen-bond donors (Lipinski definition) is 1. The molecule has 0 saturated heterocycles. The van der Waals surface area contributed by atoms with Crippen molar-refractivity contribution in [2.75, 3.05) is 24.7 Å². The molecule has 0 bridgehead atoms. The summed E-state index contributed by atoms with van der Waals surface area (Å²) in [6.07, 6.45) is 1.63. The lowest BCUT2D eigenvalue weighted by molar-refractivity contribution is 0.623. The van der Waals surface area contributed by atoms with Gasteiger partial charge in [0.15, 0.2) is 0 Å². The largest absolute Gasteiger partial charge is 0.456 e. The van der Waals surface area contributed by atoms with Gasteiger partial charge in [-0.05, 0) is 55.9 Å². The molecule has 3 aromatic rings. The van der Waals surface area contributed by atoms with Crippen molar-refractivity contribution < 1.29 is 13.0 Å². The Kier molecular flexibility index (Phi) is 5.75. The van der Waals surface area contributed by atoms with E-state index >= 15 is 0 Å². The number of anilines is 1. The molecule has 0 aliphatic rings. The van der Waals surface area contributed by atoms with Crippen LogP contribution in [0.2, 0.25) is 0 Å². The first kappa shape index (κ1) is 18.2. The van der Waals surface area contributed by atoms with Crippen LogP contribution in [0.4, 0.5) is 10.1 Å². The lowest BCUT2D eigenvalue weighted by Crippen LogP contribution is -2.19. The third-order valence-electron chi connectivity index (χ3n) is 3.69. The van der Waals surface area contributed by atoms with Crippen LogP contribution in [0.5, 0.6) is 0 Å². The molecule has 0 radical (unpaired) electrons. The lowest BCUT2D eigenvalue weighted by atomic mass is 10.1. The second-order valence-electron chi connectivity index (χ2n) is 5.22. The maximum atomic E-state index is 13.0. The van der Waals surface area contributed by atoms with E-state index < -0.39 is 11.0 Å². The molecule has 0 aliphatic carbocycles. The van der Waals surface area contributed by atoms with Crippen LogP contribution in [0.1, 0.15) is 5.56 Å². The number of rotatable bonds is 3. The standard InChI is InChI=1S/C17H16FNO2S.CH5N/c1-11-8-13-9-16(12-4-6-14(18)7-5-12)21-17(13)10-15(11)19(2)22(3)20;1-2/h4-10H,1-3H3;2H2,1H3. The van der Waals surface area contributed by atoms with Crippen molar-refractivity contribution in [3.05, 3.63) is 53.8 Å². The first-order chi connectivity index (χ1) is 11.5. The fraction of sp³-hybridized carbons (Fsp3) is 0.222. The SMILES string of the molecule is CN.Cc1cc2cc(-c3ccc(F)cc3)oc2cc1N(C)S(C)=O. The molecule has 1 unspecified atom stereocenters. The molecular formula is C18H21FN2O2S. The minimum Gasteiger partial charge on any atom is -0.456 e. The summed E-state index contributed by atoms with van der Waals surface area (Å²) in [5.74, 6) is 0.414. The smallest absolute Gasteiger partial charge is 0.136 e. The maximum Gasteiger partial charge on any atom is 0.136 e. The van der Waals surface area contributed by atoms with Crippen LogP contribution < -0.4 is 10.0 Å². The van der Waals surface area contributed by atoms with Gasteiger partial charge in [0.25, 0.3) is 0 Å². The van der Waals surface area contributed by atoms with Gasteiger partial charge in [-0.3, -0.25) is 4.31 Å². The molecule has 0 aliphatic heterocycles. The Balaban J connectivity index is 0.00000100. The Labute approximate surface area is 143 Å². The second-order valence-corrected chi connectivity index (χ2v) is 6.61. The van der Waals surface area contributed by atoms with Gasteiger partial charge in [0.2, 0.25) is 0 Å². The van der Waals surface area contributed by atoms with Crippen LogP contribution in [-0.4, -0.2) is 24.6 Å². The van der Waals surface area contributed by atoms with E-state index in [1.54, 1.807) is 29.7 Å². The second kappa shape index (κ2) is 7.59. The van der Waals surface area contributed by atoms with Crippen LogP contribution in [0, 0.1) is 12.7 Å². The third kappa shape index (κ3) is 3.66. The first-order valence-corrected chi connectivity index (χ1v) is 8.92. The van der Waals surface area contributed by atoms with Crippen LogP contribution in [0.3, 0.4) is 0 Å². The summed E-state index contributed by atoms with van der Waals surface area (Å²) in [4.78, 5) is 0. The molecule has 0 saturated carbocycles. The molecule has 0 fully saturated rings. The molecule has 24 heavy (non-hydrogen) atoms. The van der Waals surface area contributed by atoms with Gasteiger partial charge in [-0.15, -0.1) is 0 Å². The van der Waals surface area contributed by atoms with Crippen LogP contribution in [0.25, 0.3) is 22.3 Å². The third-order valence-corrected chi connectivity index (χ3v) is 4.66. The molecule has 0 amide bonds. The highest BCUT2D eigenvalue weighted by atomic mass is 32.2. The monoisotopic (exact) mass is 348 g/mol. The summed E-state index contributed by atoms with van der Waals surface area (Å²) in [6, 6.07) is 12.0. The number of aryl methyl sites for hydroxylation is 1. The highest BCUT2D eigenvalue weighted by molar-refractivity contribution is 7.85. The van der Waals surface area contributed by atoms with Gasteiger partial charge in [0.05, 0.1) is 5.69 Å². The maximum absolute atomic E-state index is 13.0. The Morgan fingerprint density at radius 2 is 1.75 bits per heavy atom. The first-order valence-electron chi connectivity index (χ1n) is 7.41. The van der Waals surface area contributed by atoms with Crippen molar-refractivity contribution in [3.8, 4) is 11.3 Å². The van der Waals surface area contributed by atoms with Gasteiger partial charge < -0.3 is 10.2 Å². The average molecular weight is 348 g/mol. The Hall–Kier alpha value is -2.18. The number of furan rings is 1. The number of nitrogens with zero attached hydrogens (tertiary/aromatic N) is 1. The fourth-order valence-corrected chi connectivity index (χ4v) is 2.90. The van der Waals surface area contributed by atoms with Crippen molar-refractivity contribution in [2.45, 2.75) is 6.92 Å². The molecule has 128 valence electrons. The summed E-state index contributed by atoms with van der Waals surface area (Å²) < 4.78 is 32.2. The normalized spacial score (nSPS) is 11.8. The van der Waals surface area contributed by atoms with Gasteiger partial charge in [-0.1, -0.05) is 0 Å². The molecule has 3 rings (SSSR count). The van der Waals surface area contributed by atoms with E-state index in [1.165, 1.54) is 19.2 Å². The summed E-state index contributed by atoms with van der Waals surface area (Å²) in [6.45, 7) is 1.97. The molecule has 6 heteroatoms. The number of nitrogens with two attached hydrogens (primary N) is 1. The Bertz CT molecular complexity index is 859. The summed E-state index contributed by atoms with van der Waals surface area (Å²) >= 11 is 0. The van der Waals surface area contributed by atoms with Gasteiger partial charge in [0, 0.05) is 30.3 Å². The summed E-state index contributed by atoms with van der Waals surface area (Å²) in [5.41, 5.74) is 7.94. The topological polar surface area (TPSA) is 59.5 Å². The van der Waals surface area contributed by atoms with Gasteiger partial charge in [-0.25, -0.2) is 8.60 Å². The van der Waals surface area contributed by atoms with E-state index in [9.17, 15) is 8.60 Å². The minimum absolute atomic E-state index is 0.273. The predicted octanol–water partition coefficient (Wildman–Crippen LogP) is 3.85. The van der Waals surface area contributed by atoms with Gasteiger partial charge >= 0.3 is 0 Å². The van der Waals surface area contributed by atoms with Crippen molar-refractivity contribution in [1.82, 2.24) is 0 Å². The zero-order valence-electron chi connectivity index (χ0n) is 14.2. The highest BCUT2D eigenvalue weighted by Crippen LogP contribution is 2.32. The molecular weight excluding hydrogens is 327 g/mol. The molecule has 2 N–H and O–H groups in total. The molecule has 1 heterocycles. The lowest BCUT2D eigenvalue weighted by Gasteiger charge is -2.17. The molecule has 2 aromatic carbocycles. The highest BCUT2D eigenvalue weighted by Gasteiger charge is 2.13.